The number of halogens is 1. The van der Waals surface area contributed by atoms with Gasteiger partial charge in [-0.05, 0) is 69.2 Å². The topological polar surface area (TPSA) is 87.2 Å². The number of amides is 1. The van der Waals surface area contributed by atoms with Gasteiger partial charge in [0.25, 0.3) is 0 Å². The molecule has 1 amide bonds. The number of carbonyl (C=O) groups is 1. The van der Waals surface area contributed by atoms with Gasteiger partial charge in [-0.3, -0.25) is 0 Å². The van der Waals surface area contributed by atoms with E-state index in [0.717, 1.165) is 25.7 Å². The van der Waals surface area contributed by atoms with Crippen molar-refractivity contribution in [2.45, 2.75) is 93.4 Å². The Kier molecular flexibility index (Phi) is 7.05. The highest BCUT2D eigenvalue weighted by atomic mass is 35.5. The molecular weight excluding hydrogens is 452 g/mol. The van der Waals surface area contributed by atoms with Crippen LogP contribution in [0.2, 0.25) is 5.02 Å². The molecule has 3 aliphatic rings. The highest BCUT2D eigenvalue weighted by molar-refractivity contribution is 7.89. The van der Waals surface area contributed by atoms with E-state index in [2.05, 4.69) is 0 Å². The molecule has 0 aliphatic carbocycles. The zero-order valence-electron chi connectivity index (χ0n) is 18.6. The molecule has 3 saturated heterocycles. The molecule has 32 heavy (non-hydrogen) atoms. The van der Waals surface area contributed by atoms with Gasteiger partial charge in [-0.25, -0.2) is 13.2 Å². The molecule has 178 valence electrons. The number of likely N-dealkylation sites (tertiary alicyclic amines) is 1. The zero-order valence-corrected chi connectivity index (χ0v) is 20.2. The van der Waals surface area contributed by atoms with Gasteiger partial charge in [-0.15, -0.1) is 0 Å². The first-order valence-corrected chi connectivity index (χ1v) is 13.5. The maximum absolute atomic E-state index is 13.5. The SMILES string of the molecule is CCCC1(O)CCN(C(=O)O[C@H]2CCC3CCCC2N3S(=O)(=O)c2ccc(Cl)cc2)CC1. The number of nitrogens with zero attached hydrogens (tertiary/aromatic N) is 2. The van der Waals surface area contributed by atoms with E-state index in [-0.39, 0.29) is 17.0 Å². The fourth-order valence-corrected chi connectivity index (χ4v) is 7.57. The molecule has 1 aromatic rings. The highest BCUT2D eigenvalue weighted by Crippen LogP contribution is 2.40. The number of aliphatic hydroxyl groups is 1. The summed E-state index contributed by atoms with van der Waals surface area (Å²) in [6, 6.07) is 5.82. The van der Waals surface area contributed by atoms with E-state index in [0.29, 0.717) is 50.2 Å². The summed E-state index contributed by atoms with van der Waals surface area (Å²) in [6.07, 6.45) is 5.64. The van der Waals surface area contributed by atoms with Crippen LogP contribution in [0.25, 0.3) is 0 Å². The lowest BCUT2D eigenvalue weighted by molar-refractivity contribution is -0.0487. The van der Waals surface area contributed by atoms with Crippen LogP contribution in [-0.4, -0.2) is 65.7 Å². The third-order valence-electron chi connectivity index (χ3n) is 7.25. The Balaban J connectivity index is 1.46. The standard InChI is InChI=1S/C23H33ClN2O5S/c1-2-12-23(28)13-15-25(16-14-23)22(27)31-21-11-8-18-4-3-5-20(21)26(18)32(29,30)19-9-6-17(24)7-10-19/h6-7,9-10,18,20-21,28H,2-5,8,11-16H2,1H3/t18?,20?,21-/m0/s1. The van der Waals surface area contributed by atoms with E-state index < -0.39 is 27.8 Å². The van der Waals surface area contributed by atoms with Crippen LogP contribution in [0.3, 0.4) is 0 Å². The average Bonchev–Trinajstić information content (AvgIpc) is 2.76. The predicted octanol–water partition coefficient (Wildman–Crippen LogP) is 4.18. The van der Waals surface area contributed by atoms with Gasteiger partial charge in [0.05, 0.1) is 16.5 Å². The van der Waals surface area contributed by atoms with Gasteiger partial charge in [-0.2, -0.15) is 4.31 Å². The largest absolute Gasteiger partial charge is 0.444 e. The number of sulfonamides is 1. The number of rotatable bonds is 5. The van der Waals surface area contributed by atoms with Gasteiger partial charge >= 0.3 is 6.09 Å². The molecule has 0 radical (unpaired) electrons. The summed E-state index contributed by atoms with van der Waals surface area (Å²) in [4.78, 5) is 14.8. The van der Waals surface area contributed by atoms with Crippen LogP contribution in [-0.2, 0) is 14.8 Å². The molecule has 7 nitrogen and oxygen atoms in total. The minimum absolute atomic E-state index is 0.0663. The van der Waals surface area contributed by atoms with Crippen molar-refractivity contribution in [1.29, 1.82) is 0 Å². The molecule has 4 rings (SSSR count). The van der Waals surface area contributed by atoms with E-state index >= 15 is 0 Å². The van der Waals surface area contributed by atoms with E-state index in [4.69, 9.17) is 16.3 Å². The van der Waals surface area contributed by atoms with Crippen molar-refractivity contribution in [3.05, 3.63) is 29.3 Å². The predicted molar refractivity (Wildman–Crippen MR) is 122 cm³/mol. The third kappa shape index (κ3) is 4.79. The lowest BCUT2D eigenvalue weighted by Crippen LogP contribution is -2.59. The highest BCUT2D eigenvalue weighted by Gasteiger charge is 2.48. The molecule has 3 aliphatic heterocycles. The number of hydrogen-bond donors (Lipinski definition) is 1. The van der Waals surface area contributed by atoms with E-state index in [1.165, 1.54) is 12.1 Å². The number of fused-ring (bicyclic) bond motifs is 2. The summed E-state index contributed by atoms with van der Waals surface area (Å²) < 4.78 is 34.5. The molecule has 3 atom stereocenters. The lowest BCUT2D eigenvalue weighted by atomic mass is 9.85. The number of hydrogen-bond acceptors (Lipinski definition) is 5. The minimum Gasteiger partial charge on any atom is -0.444 e. The molecule has 1 N–H and O–H groups in total. The van der Waals surface area contributed by atoms with Crippen LogP contribution in [0.1, 0.15) is 64.7 Å². The Bertz CT molecular complexity index is 915. The number of benzene rings is 1. The Morgan fingerprint density at radius 3 is 2.50 bits per heavy atom. The molecular formula is C23H33ClN2O5S. The second-order valence-electron chi connectivity index (χ2n) is 9.40. The van der Waals surface area contributed by atoms with E-state index in [9.17, 15) is 18.3 Å². The van der Waals surface area contributed by atoms with Crippen molar-refractivity contribution in [2.24, 2.45) is 0 Å². The first-order chi connectivity index (χ1) is 15.2. The van der Waals surface area contributed by atoms with Crippen LogP contribution >= 0.6 is 11.6 Å². The zero-order chi connectivity index (χ0) is 22.9. The smallest absolute Gasteiger partial charge is 0.410 e. The summed E-state index contributed by atoms with van der Waals surface area (Å²) in [7, 11) is -3.72. The summed E-state index contributed by atoms with van der Waals surface area (Å²) in [5.74, 6) is 0. The normalized spacial score (nSPS) is 28.3. The molecule has 3 fully saturated rings. The summed E-state index contributed by atoms with van der Waals surface area (Å²) in [5.41, 5.74) is -0.698. The van der Waals surface area contributed by atoms with Gasteiger partial charge in [0, 0.05) is 24.2 Å². The quantitative estimate of drug-likeness (QED) is 0.677. The Morgan fingerprint density at radius 1 is 1.16 bits per heavy atom. The van der Waals surface area contributed by atoms with Crippen molar-refractivity contribution >= 4 is 27.7 Å². The minimum atomic E-state index is -3.72. The molecule has 0 aromatic heterocycles. The molecule has 2 unspecified atom stereocenters. The third-order valence-corrected chi connectivity index (χ3v) is 9.49. The molecule has 0 saturated carbocycles. The first-order valence-electron chi connectivity index (χ1n) is 11.7. The molecule has 1 aromatic carbocycles. The van der Waals surface area contributed by atoms with Crippen LogP contribution in [0, 0.1) is 0 Å². The lowest BCUT2D eigenvalue weighted by Gasteiger charge is -2.48. The summed E-state index contributed by atoms with van der Waals surface area (Å²) in [5, 5.41) is 11.1. The van der Waals surface area contributed by atoms with Gasteiger partial charge in [0.1, 0.15) is 6.10 Å². The van der Waals surface area contributed by atoms with Gasteiger partial charge in [-0.1, -0.05) is 31.4 Å². The molecule has 3 heterocycles. The Morgan fingerprint density at radius 2 is 1.84 bits per heavy atom. The fraction of sp³-hybridized carbons (Fsp3) is 0.696. The molecule has 9 heteroatoms. The summed E-state index contributed by atoms with van der Waals surface area (Å²) >= 11 is 5.95. The van der Waals surface area contributed by atoms with Crippen molar-refractivity contribution in [1.82, 2.24) is 9.21 Å². The molecule has 2 bridgehead atoms. The second kappa shape index (κ2) is 9.49. The maximum atomic E-state index is 13.5. The van der Waals surface area contributed by atoms with Gasteiger partial charge in [0.2, 0.25) is 10.0 Å². The van der Waals surface area contributed by atoms with Crippen LogP contribution in [0.5, 0.6) is 0 Å². The van der Waals surface area contributed by atoms with E-state index in [1.54, 1.807) is 21.3 Å². The van der Waals surface area contributed by atoms with Gasteiger partial charge < -0.3 is 14.7 Å². The van der Waals surface area contributed by atoms with Crippen molar-refractivity contribution in [3.63, 3.8) is 0 Å². The van der Waals surface area contributed by atoms with Crippen LogP contribution in [0.4, 0.5) is 4.79 Å². The number of carbonyl (C=O) groups excluding carboxylic acids is 1. The van der Waals surface area contributed by atoms with Crippen molar-refractivity contribution in [2.75, 3.05) is 13.1 Å². The van der Waals surface area contributed by atoms with Crippen LogP contribution in [0.15, 0.2) is 29.2 Å². The monoisotopic (exact) mass is 484 g/mol. The molecule has 0 spiro atoms. The fourth-order valence-electron chi connectivity index (χ4n) is 5.52. The average molecular weight is 485 g/mol. The van der Waals surface area contributed by atoms with Crippen molar-refractivity contribution in [3.8, 4) is 0 Å². The number of piperidine rings is 3. The Hall–Kier alpha value is -1.35. The number of ether oxygens (including phenoxy) is 1. The maximum Gasteiger partial charge on any atom is 0.410 e. The van der Waals surface area contributed by atoms with Gasteiger partial charge in [0.15, 0.2) is 0 Å². The summed E-state index contributed by atoms with van der Waals surface area (Å²) in [6.45, 7) is 2.97. The van der Waals surface area contributed by atoms with E-state index in [1.807, 2.05) is 6.92 Å². The van der Waals surface area contributed by atoms with Crippen molar-refractivity contribution < 1.29 is 23.1 Å². The van der Waals surface area contributed by atoms with Crippen LogP contribution < -0.4 is 0 Å². The first kappa shape index (κ1) is 23.8. The second-order valence-corrected chi connectivity index (χ2v) is 11.7. The Labute approximate surface area is 195 Å².